The van der Waals surface area contributed by atoms with Crippen molar-refractivity contribution in [1.29, 1.82) is 0 Å². The van der Waals surface area contributed by atoms with E-state index in [4.69, 9.17) is 4.74 Å². The fraction of sp³-hybridized carbons (Fsp3) is 0.647. The zero-order valence-corrected chi connectivity index (χ0v) is 13.3. The summed E-state index contributed by atoms with van der Waals surface area (Å²) in [6.45, 7) is 11.5. The minimum Gasteiger partial charge on any atom is -0.374 e. The van der Waals surface area contributed by atoms with Crippen LogP contribution in [-0.2, 0) is 11.2 Å². The van der Waals surface area contributed by atoms with Crippen molar-refractivity contribution in [2.45, 2.75) is 59.1 Å². The van der Waals surface area contributed by atoms with Crippen LogP contribution < -0.4 is 5.32 Å². The highest BCUT2D eigenvalue weighted by Crippen LogP contribution is 2.24. The first-order chi connectivity index (χ1) is 8.95. The summed E-state index contributed by atoms with van der Waals surface area (Å²) < 4.78 is 6.00. The number of nitrogens with one attached hydrogen (secondary N) is 1. The molecular formula is C17H29NO. The molecule has 1 N–H and O–H groups in total. The Kier molecular flexibility index (Phi) is 6.02. The molecule has 19 heavy (non-hydrogen) atoms. The van der Waals surface area contributed by atoms with Crippen molar-refractivity contribution in [1.82, 2.24) is 5.32 Å². The second-order valence-electron chi connectivity index (χ2n) is 5.64. The molecule has 2 heteroatoms. The number of ether oxygens (including phenoxy) is 1. The minimum atomic E-state index is -0.110. The van der Waals surface area contributed by atoms with Gasteiger partial charge in [-0.25, -0.2) is 0 Å². The molecule has 0 aromatic heterocycles. The third-order valence-corrected chi connectivity index (χ3v) is 3.98. The Labute approximate surface area is 118 Å². The van der Waals surface area contributed by atoms with Crippen LogP contribution in [0.4, 0.5) is 0 Å². The average Bonchev–Trinajstić information content (AvgIpc) is 2.35. The number of likely N-dealkylation sites (N-methyl/N-ethyl adjacent to an activating group) is 1. The van der Waals surface area contributed by atoms with Gasteiger partial charge in [-0.2, -0.15) is 0 Å². The smallest absolute Gasteiger partial charge is 0.0807 e. The molecule has 108 valence electrons. The summed E-state index contributed by atoms with van der Waals surface area (Å²) in [6, 6.07) is 7.11. The zero-order chi connectivity index (χ0) is 14.5. The summed E-state index contributed by atoms with van der Waals surface area (Å²) in [5, 5.41) is 3.44. The molecule has 0 saturated carbocycles. The Morgan fingerprint density at radius 1 is 1.16 bits per heavy atom. The number of hydrogen-bond donors (Lipinski definition) is 1. The SMILES string of the molecule is CCOC(C)(CC)C(Cc1cc(C)cc(C)c1)NC. The van der Waals surface area contributed by atoms with Crippen molar-refractivity contribution in [3.63, 3.8) is 0 Å². The number of aryl methyl sites for hydroxylation is 2. The van der Waals surface area contributed by atoms with E-state index in [9.17, 15) is 0 Å². The van der Waals surface area contributed by atoms with Gasteiger partial charge >= 0.3 is 0 Å². The molecule has 2 nitrogen and oxygen atoms in total. The number of hydrogen-bond acceptors (Lipinski definition) is 2. The van der Waals surface area contributed by atoms with Gasteiger partial charge in [0.05, 0.1) is 5.60 Å². The van der Waals surface area contributed by atoms with Gasteiger partial charge in [0.15, 0.2) is 0 Å². The van der Waals surface area contributed by atoms with Gasteiger partial charge in [0.2, 0.25) is 0 Å². The van der Waals surface area contributed by atoms with E-state index >= 15 is 0 Å². The van der Waals surface area contributed by atoms with E-state index in [0.717, 1.165) is 19.4 Å². The van der Waals surface area contributed by atoms with Crippen LogP contribution >= 0.6 is 0 Å². The molecule has 0 amide bonds. The van der Waals surface area contributed by atoms with Gasteiger partial charge in [0.25, 0.3) is 0 Å². The molecule has 0 aliphatic rings. The van der Waals surface area contributed by atoms with Gasteiger partial charge in [0, 0.05) is 12.6 Å². The topological polar surface area (TPSA) is 21.3 Å². The summed E-state index contributed by atoms with van der Waals surface area (Å²) in [6.07, 6.45) is 2.01. The number of rotatable bonds is 7. The van der Waals surface area contributed by atoms with Gasteiger partial charge in [-0.3, -0.25) is 0 Å². The van der Waals surface area contributed by atoms with Crippen LogP contribution in [0.3, 0.4) is 0 Å². The van der Waals surface area contributed by atoms with Gasteiger partial charge < -0.3 is 10.1 Å². The molecule has 2 unspecified atom stereocenters. The van der Waals surface area contributed by atoms with Crippen LogP contribution in [0.1, 0.15) is 43.9 Å². The maximum Gasteiger partial charge on any atom is 0.0807 e. The first-order valence-corrected chi connectivity index (χ1v) is 7.33. The van der Waals surface area contributed by atoms with Gasteiger partial charge in [0.1, 0.15) is 0 Å². The molecule has 0 fully saturated rings. The molecule has 0 radical (unpaired) electrons. The van der Waals surface area contributed by atoms with E-state index in [2.05, 4.69) is 58.1 Å². The lowest BCUT2D eigenvalue weighted by molar-refractivity contribution is -0.0534. The fourth-order valence-electron chi connectivity index (χ4n) is 2.82. The lowest BCUT2D eigenvalue weighted by Gasteiger charge is -2.37. The van der Waals surface area contributed by atoms with Crippen molar-refractivity contribution in [2.24, 2.45) is 0 Å². The Morgan fingerprint density at radius 3 is 2.16 bits per heavy atom. The molecular weight excluding hydrogens is 234 g/mol. The standard InChI is InChI=1S/C17H29NO/c1-7-17(5,19-8-2)16(18-6)12-15-10-13(3)9-14(4)11-15/h9-11,16,18H,7-8,12H2,1-6H3. The third-order valence-electron chi connectivity index (χ3n) is 3.98. The zero-order valence-electron chi connectivity index (χ0n) is 13.3. The molecule has 1 aromatic carbocycles. The van der Waals surface area contributed by atoms with E-state index < -0.39 is 0 Å². The first-order valence-electron chi connectivity index (χ1n) is 7.33. The van der Waals surface area contributed by atoms with Crippen LogP contribution in [0.5, 0.6) is 0 Å². The molecule has 1 rings (SSSR count). The molecule has 0 bridgehead atoms. The summed E-state index contributed by atoms with van der Waals surface area (Å²) in [4.78, 5) is 0. The number of benzene rings is 1. The maximum absolute atomic E-state index is 6.00. The predicted octanol–water partition coefficient (Wildman–Crippen LogP) is 3.64. The van der Waals surface area contributed by atoms with Crippen LogP contribution in [0.25, 0.3) is 0 Å². The van der Waals surface area contributed by atoms with Crippen LogP contribution in [0, 0.1) is 13.8 Å². The average molecular weight is 263 g/mol. The van der Waals surface area contributed by atoms with Crippen molar-refractivity contribution >= 4 is 0 Å². The minimum absolute atomic E-state index is 0.110. The van der Waals surface area contributed by atoms with Crippen molar-refractivity contribution in [3.8, 4) is 0 Å². The lowest BCUT2D eigenvalue weighted by Crippen LogP contribution is -2.50. The Morgan fingerprint density at radius 2 is 1.74 bits per heavy atom. The fourth-order valence-corrected chi connectivity index (χ4v) is 2.82. The molecule has 0 spiro atoms. The summed E-state index contributed by atoms with van der Waals surface area (Å²) in [5.41, 5.74) is 3.94. The van der Waals surface area contributed by atoms with Crippen molar-refractivity contribution in [3.05, 3.63) is 34.9 Å². The maximum atomic E-state index is 6.00. The lowest BCUT2D eigenvalue weighted by atomic mass is 9.87. The van der Waals surface area contributed by atoms with Crippen LogP contribution in [-0.4, -0.2) is 25.3 Å². The van der Waals surface area contributed by atoms with Crippen molar-refractivity contribution in [2.75, 3.05) is 13.7 Å². The molecule has 0 heterocycles. The molecule has 1 aromatic rings. The van der Waals surface area contributed by atoms with E-state index in [1.54, 1.807) is 0 Å². The Hall–Kier alpha value is -0.860. The van der Waals surface area contributed by atoms with E-state index in [-0.39, 0.29) is 5.60 Å². The van der Waals surface area contributed by atoms with E-state index in [1.165, 1.54) is 16.7 Å². The monoisotopic (exact) mass is 263 g/mol. The Balaban J connectivity index is 2.91. The van der Waals surface area contributed by atoms with E-state index in [0.29, 0.717) is 6.04 Å². The first kappa shape index (κ1) is 16.2. The normalized spacial score (nSPS) is 16.1. The second kappa shape index (κ2) is 7.06. The Bertz CT molecular complexity index is 382. The summed E-state index contributed by atoms with van der Waals surface area (Å²) in [7, 11) is 2.03. The highest BCUT2D eigenvalue weighted by molar-refractivity contribution is 5.29. The van der Waals surface area contributed by atoms with Crippen molar-refractivity contribution < 1.29 is 4.74 Å². The second-order valence-corrected chi connectivity index (χ2v) is 5.64. The predicted molar refractivity (Wildman–Crippen MR) is 82.8 cm³/mol. The molecule has 2 atom stereocenters. The molecule has 0 aliphatic heterocycles. The van der Waals surface area contributed by atoms with Crippen LogP contribution in [0.2, 0.25) is 0 Å². The van der Waals surface area contributed by atoms with Gasteiger partial charge in [-0.1, -0.05) is 36.2 Å². The third kappa shape index (κ3) is 4.32. The summed E-state index contributed by atoms with van der Waals surface area (Å²) >= 11 is 0. The highest BCUT2D eigenvalue weighted by Gasteiger charge is 2.32. The summed E-state index contributed by atoms with van der Waals surface area (Å²) in [5.74, 6) is 0. The van der Waals surface area contributed by atoms with E-state index in [1.807, 2.05) is 7.05 Å². The highest BCUT2D eigenvalue weighted by atomic mass is 16.5. The van der Waals surface area contributed by atoms with Gasteiger partial charge in [-0.15, -0.1) is 0 Å². The molecule has 0 saturated heterocycles. The van der Waals surface area contributed by atoms with Crippen LogP contribution in [0.15, 0.2) is 18.2 Å². The quantitative estimate of drug-likeness (QED) is 0.811. The largest absolute Gasteiger partial charge is 0.374 e. The van der Waals surface area contributed by atoms with Gasteiger partial charge in [-0.05, 0) is 53.1 Å². The molecule has 0 aliphatic carbocycles.